The lowest BCUT2D eigenvalue weighted by atomic mass is 10.2. The van der Waals surface area contributed by atoms with Crippen molar-refractivity contribution in [1.29, 1.82) is 0 Å². The molecule has 18 heavy (non-hydrogen) atoms. The van der Waals surface area contributed by atoms with Gasteiger partial charge in [0.1, 0.15) is 11.9 Å². The normalized spacial score (nSPS) is 18.5. The van der Waals surface area contributed by atoms with Crippen molar-refractivity contribution in [3.63, 3.8) is 0 Å². The maximum absolute atomic E-state index is 6.08. The SMILES string of the molecule is CCCC(CN1CCOCC1)Oc1ccccc1. The van der Waals surface area contributed by atoms with Crippen molar-refractivity contribution in [3.05, 3.63) is 30.3 Å². The van der Waals surface area contributed by atoms with Gasteiger partial charge in [-0.15, -0.1) is 0 Å². The van der Waals surface area contributed by atoms with E-state index in [0.29, 0.717) is 0 Å². The van der Waals surface area contributed by atoms with Gasteiger partial charge in [-0.25, -0.2) is 0 Å². The van der Waals surface area contributed by atoms with E-state index in [1.807, 2.05) is 30.3 Å². The van der Waals surface area contributed by atoms with Crippen LogP contribution in [0.3, 0.4) is 0 Å². The summed E-state index contributed by atoms with van der Waals surface area (Å²) in [7, 11) is 0. The van der Waals surface area contributed by atoms with Gasteiger partial charge in [-0.3, -0.25) is 4.90 Å². The fourth-order valence-corrected chi connectivity index (χ4v) is 2.27. The van der Waals surface area contributed by atoms with Gasteiger partial charge in [0.25, 0.3) is 0 Å². The van der Waals surface area contributed by atoms with Crippen LogP contribution in [0.25, 0.3) is 0 Å². The summed E-state index contributed by atoms with van der Waals surface area (Å²) in [5.74, 6) is 0.976. The van der Waals surface area contributed by atoms with Crippen molar-refractivity contribution < 1.29 is 9.47 Å². The van der Waals surface area contributed by atoms with E-state index in [0.717, 1.165) is 51.4 Å². The molecule has 0 saturated carbocycles. The third kappa shape index (κ3) is 4.31. The third-order valence-electron chi connectivity index (χ3n) is 3.22. The molecule has 0 bridgehead atoms. The second-order valence-corrected chi connectivity index (χ2v) is 4.75. The molecule has 0 amide bonds. The molecule has 1 fully saturated rings. The average molecular weight is 249 g/mol. The van der Waals surface area contributed by atoms with Gasteiger partial charge in [0.15, 0.2) is 0 Å². The van der Waals surface area contributed by atoms with Gasteiger partial charge in [-0.05, 0) is 18.6 Å². The van der Waals surface area contributed by atoms with Crippen LogP contribution in [0.15, 0.2) is 30.3 Å². The largest absolute Gasteiger partial charge is 0.489 e. The summed E-state index contributed by atoms with van der Waals surface area (Å²) in [6.45, 7) is 6.97. The minimum Gasteiger partial charge on any atom is -0.489 e. The van der Waals surface area contributed by atoms with E-state index >= 15 is 0 Å². The number of nitrogens with zero attached hydrogens (tertiary/aromatic N) is 1. The van der Waals surface area contributed by atoms with Crippen LogP contribution in [0.5, 0.6) is 5.75 Å². The quantitative estimate of drug-likeness (QED) is 0.773. The van der Waals surface area contributed by atoms with Gasteiger partial charge in [-0.1, -0.05) is 31.5 Å². The van der Waals surface area contributed by atoms with Gasteiger partial charge in [-0.2, -0.15) is 0 Å². The molecule has 2 rings (SSSR count). The summed E-state index contributed by atoms with van der Waals surface area (Å²) in [5, 5.41) is 0. The molecule has 1 atom stereocenters. The standard InChI is InChI=1S/C15H23NO2/c1-2-6-15(13-16-9-11-17-12-10-16)18-14-7-4-3-5-8-14/h3-5,7-8,15H,2,6,9-13H2,1H3. The molecule has 1 aliphatic heterocycles. The van der Waals surface area contributed by atoms with Crippen LogP contribution in [0.1, 0.15) is 19.8 Å². The Morgan fingerprint density at radius 1 is 1.22 bits per heavy atom. The summed E-state index contributed by atoms with van der Waals surface area (Å²) < 4.78 is 11.5. The van der Waals surface area contributed by atoms with Crippen LogP contribution >= 0.6 is 0 Å². The minimum atomic E-state index is 0.287. The predicted octanol–water partition coefficient (Wildman–Crippen LogP) is 2.57. The molecule has 3 nitrogen and oxygen atoms in total. The van der Waals surface area contributed by atoms with Crippen molar-refractivity contribution in [1.82, 2.24) is 4.90 Å². The van der Waals surface area contributed by atoms with E-state index in [9.17, 15) is 0 Å². The van der Waals surface area contributed by atoms with Gasteiger partial charge in [0, 0.05) is 19.6 Å². The molecule has 0 aliphatic carbocycles. The molecular formula is C15H23NO2. The average Bonchev–Trinajstić information content (AvgIpc) is 2.41. The van der Waals surface area contributed by atoms with E-state index < -0.39 is 0 Å². The van der Waals surface area contributed by atoms with Crippen molar-refractivity contribution >= 4 is 0 Å². The van der Waals surface area contributed by atoms with E-state index in [-0.39, 0.29) is 6.10 Å². The fraction of sp³-hybridized carbons (Fsp3) is 0.600. The molecule has 0 N–H and O–H groups in total. The monoisotopic (exact) mass is 249 g/mol. The number of morpholine rings is 1. The zero-order valence-corrected chi connectivity index (χ0v) is 11.2. The van der Waals surface area contributed by atoms with E-state index in [1.54, 1.807) is 0 Å². The van der Waals surface area contributed by atoms with Crippen LogP contribution < -0.4 is 4.74 Å². The Morgan fingerprint density at radius 2 is 1.94 bits per heavy atom. The number of hydrogen-bond acceptors (Lipinski definition) is 3. The highest BCUT2D eigenvalue weighted by Crippen LogP contribution is 2.14. The first-order chi connectivity index (χ1) is 8.88. The molecule has 1 unspecified atom stereocenters. The smallest absolute Gasteiger partial charge is 0.119 e. The lowest BCUT2D eigenvalue weighted by molar-refractivity contribution is 0.0179. The zero-order chi connectivity index (χ0) is 12.6. The Labute approximate surface area is 110 Å². The van der Waals surface area contributed by atoms with Gasteiger partial charge in [0.05, 0.1) is 13.2 Å². The Balaban J connectivity index is 1.86. The number of ether oxygens (including phenoxy) is 2. The highest BCUT2D eigenvalue weighted by Gasteiger charge is 2.17. The minimum absolute atomic E-state index is 0.287. The highest BCUT2D eigenvalue weighted by atomic mass is 16.5. The molecule has 1 aromatic rings. The molecule has 3 heteroatoms. The van der Waals surface area contributed by atoms with Gasteiger partial charge >= 0.3 is 0 Å². The fourth-order valence-electron chi connectivity index (χ4n) is 2.27. The first-order valence-electron chi connectivity index (χ1n) is 6.90. The molecule has 1 heterocycles. The van der Waals surface area contributed by atoms with Gasteiger partial charge < -0.3 is 9.47 Å². The Hall–Kier alpha value is -1.06. The van der Waals surface area contributed by atoms with Crippen LogP contribution in [0, 0.1) is 0 Å². The number of benzene rings is 1. The van der Waals surface area contributed by atoms with Crippen molar-refractivity contribution in [3.8, 4) is 5.75 Å². The van der Waals surface area contributed by atoms with E-state index in [4.69, 9.17) is 9.47 Å². The second-order valence-electron chi connectivity index (χ2n) is 4.75. The summed E-state index contributed by atoms with van der Waals surface area (Å²) in [5.41, 5.74) is 0. The lowest BCUT2D eigenvalue weighted by Crippen LogP contribution is -2.42. The van der Waals surface area contributed by atoms with Crippen LogP contribution in [-0.2, 0) is 4.74 Å². The van der Waals surface area contributed by atoms with Crippen LogP contribution in [-0.4, -0.2) is 43.9 Å². The predicted molar refractivity (Wildman–Crippen MR) is 73.0 cm³/mol. The molecule has 1 aliphatic rings. The highest BCUT2D eigenvalue weighted by molar-refractivity contribution is 5.21. The van der Waals surface area contributed by atoms with E-state index in [1.165, 1.54) is 0 Å². The van der Waals surface area contributed by atoms with Crippen LogP contribution in [0.2, 0.25) is 0 Å². The second kappa shape index (κ2) is 7.39. The lowest BCUT2D eigenvalue weighted by Gasteiger charge is -2.30. The van der Waals surface area contributed by atoms with Crippen molar-refractivity contribution in [2.24, 2.45) is 0 Å². The van der Waals surface area contributed by atoms with Gasteiger partial charge in [0.2, 0.25) is 0 Å². The summed E-state index contributed by atoms with van der Waals surface area (Å²) >= 11 is 0. The molecule has 0 aromatic heterocycles. The Bertz CT molecular complexity index is 323. The molecule has 1 saturated heterocycles. The van der Waals surface area contributed by atoms with Crippen molar-refractivity contribution in [2.45, 2.75) is 25.9 Å². The molecule has 0 radical (unpaired) electrons. The first kappa shape index (κ1) is 13.4. The van der Waals surface area contributed by atoms with Crippen LogP contribution in [0.4, 0.5) is 0 Å². The molecule has 1 aromatic carbocycles. The zero-order valence-electron chi connectivity index (χ0n) is 11.2. The number of rotatable bonds is 6. The third-order valence-corrected chi connectivity index (χ3v) is 3.22. The number of hydrogen-bond donors (Lipinski definition) is 0. The Morgan fingerprint density at radius 3 is 2.61 bits per heavy atom. The maximum Gasteiger partial charge on any atom is 0.119 e. The maximum atomic E-state index is 6.08. The molecule has 100 valence electrons. The topological polar surface area (TPSA) is 21.7 Å². The Kier molecular flexibility index (Phi) is 5.49. The van der Waals surface area contributed by atoms with E-state index in [2.05, 4.69) is 11.8 Å². The molecular weight excluding hydrogens is 226 g/mol. The number of para-hydroxylation sites is 1. The summed E-state index contributed by atoms with van der Waals surface area (Å²) in [6.07, 6.45) is 2.55. The molecule has 0 spiro atoms. The summed E-state index contributed by atoms with van der Waals surface area (Å²) in [4.78, 5) is 2.44. The first-order valence-corrected chi connectivity index (χ1v) is 6.90. The van der Waals surface area contributed by atoms with Crippen molar-refractivity contribution in [2.75, 3.05) is 32.8 Å². The summed E-state index contributed by atoms with van der Waals surface area (Å²) in [6, 6.07) is 10.1.